The Morgan fingerprint density at radius 2 is 2.14 bits per heavy atom. The molecule has 5 heteroatoms. The van der Waals surface area contributed by atoms with E-state index < -0.39 is 0 Å². The predicted molar refractivity (Wildman–Crippen MR) is 82.7 cm³/mol. The first-order valence-corrected chi connectivity index (χ1v) is 7.11. The summed E-state index contributed by atoms with van der Waals surface area (Å²) < 4.78 is 1.90. The molecule has 1 aromatic carbocycles. The number of hydrogen-bond donors (Lipinski definition) is 2. The summed E-state index contributed by atoms with van der Waals surface area (Å²) in [6, 6.07) is 5.67. The molecule has 0 radical (unpaired) electrons. The van der Waals surface area contributed by atoms with E-state index in [0.717, 1.165) is 11.1 Å². The van der Waals surface area contributed by atoms with Crippen LogP contribution in [0.2, 0.25) is 0 Å². The highest BCUT2D eigenvalue weighted by molar-refractivity contribution is 5.97. The Morgan fingerprint density at radius 3 is 2.81 bits per heavy atom. The number of benzene rings is 1. The Morgan fingerprint density at radius 1 is 1.38 bits per heavy atom. The Bertz CT molecular complexity index is 719. The second kappa shape index (κ2) is 6.54. The van der Waals surface area contributed by atoms with Crippen LogP contribution in [0.25, 0.3) is 10.9 Å². The number of nitrogens with zero attached hydrogens (tertiary/aromatic N) is 1. The maximum atomic E-state index is 12.5. The Hall–Kier alpha value is -2.14. The van der Waals surface area contributed by atoms with Gasteiger partial charge in [0.05, 0.1) is 5.52 Å². The molecule has 1 amide bonds. The number of carbonyl (C=O) groups is 1. The van der Waals surface area contributed by atoms with Crippen LogP contribution < -0.4 is 10.7 Å². The number of fused-ring (bicyclic) bond motifs is 1. The van der Waals surface area contributed by atoms with Gasteiger partial charge in [-0.1, -0.05) is 11.6 Å². The summed E-state index contributed by atoms with van der Waals surface area (Å²) in [5.74, 6) is -0.390. The second-order valence-corrected chi connectivity index (χ2v) is 5.01. The molecule has 0 unspecified atom stereocenters. The summed E-state index contributed by atoms with van der Waals surface area (Å²) in [4.78, 5) is 24.6. The molecule has 1 aromatic heterocycles. The van der Waals surface area contributed by atoms with E-state index in [0.29, 0.717) is 24.9 Å². The molecule has 0 saturated heterocycles. The van der Waals surface area contributed by atoms with Crippen molar-refractivity contribution in [1.29, 1.82) is 0 Å². The minimum atomic E-state index is -0.390. The molecule has 2 aromatic rings. The minimum absolute atomic E-state index is 0.0103. The van der Waals surface area contributed by atoms with Crippen molar-refractivity contribution in [1.82, 2.24) is 9.88 Å². The van der Waals surface area contributed by atoms with Gasteiger partial charge in [0.2, 0.25) is 5.43 Å². The smallest absolute Gasteiger partial charge is 0.256 e. The lowest BCUT2D eigenvalue weighted by Gasteiger charge is -2.12. The number of aliphatic hydroxyl groups is 1. The minimum Gasteiger partial charge on any atom is -0.396 e. The van der Waals surface area contributed by atoms with Crippen LogP contribution in [0.5, 0.6) is 0 Å². The topological polar surface area (TPSA) is 71.3 Å². The van der Waals surface area contributed by atoms with E-state index in [4.69, 9.17) is 5.11 Å². The standard InChI is InChI=1S/C16H20N2O3/c1-3-18-10-13(16(21)17-7-4-8-19)15(20)12-9-11(2)5-6-14(12)18/h5-6,9-10,19H,3-4,7-8H2,1-2H3,(H,17,21). The van der Waals surface area contributed by atoms with E-state index >= 15 is 0 Å². The van der Waals surface area contributed by atoms with Gasteiger partial charge in [-0.15, -0.1) is 0 Å². The fourth-order valence-electron chi connectivity index (χ4n) is 2.31. The van der Waals surface area contributed by atoms with Gasteiger partial charge in [-0.25, -0.2) is 0 Å². The third-order valence-corrected chi connectivity index (χ3v) is 3.44. The maximum Gasteiger partial charge on any atom is 0.256 e. The van der Waals surface area contributed by atoms with Crippen molar-refractivity contribution >= 4 is 16.8 Å². The van der Waals surface area contributed by atoms with E-state index in [1.54, 1.807) is 6.20 Å². The zero-order valence-corrected chi connectivity index (χ0v) is 12.3. The van der Waals surface area contributed by atoms with Gasteiger partial charge in [-0.2, -0.15) is 0 Å². The third-order valence-electron chi connectivity index (χ3n) is 3.44. The van der Waals surface area contributed by atoms with Gasteiger partial charge < -0.3 is 15.0 Å². The van der Waals surface area contributed by atoms with Crippen LogP contribution in [0.15, 0.2) is 29.2 Å². The van der Waals surface area contributed by atoms with Crippen molar-refractivity contribution in [3.05, 3.63) is 45.7 Å². The van der Waals surface area contributed by atoms with Gasteiger partial charge in [0, 0.05) is 31.3 Å². The summed E-state index contributed by atoms with van der Waals surface area (Å²) in [7, 11) is 0. The third kappa shape index (κ3) is 3.13. The number of rotatable bonds is 5. The summed E-state index contributed by atoms with van der Waals surface area (Å²) in [6.45, 7) is 4.93. The molecule has 0 aliphatic rings. The maximum absolute atomic E-state index is 12.5. The van der Waals surface area contributed by atoms with Crippen molar-refractivity contribution < 1.29 is 9.90 Å². The number of aryl methyl sites for hydroxylation is 2. The average molecular weight is 288 g/mol. The van der Waals surface area contributed by atoms with Crippen LogP contribution in [0.1, 0.15) is 29.3 Å². The van der Waals surface area contributed by atoms with Gasteiger partial charge in [-0.3, -0.25) is 9.59 Å². The van der Waals surface area contributed by atoms with E-state index in [9.17, 15) is 9.59 Å². The first kappa shape index (κ1) is 15.3. The van der Waals surface area contributed by atoms with Crippen LogP contribution in [0.4, 0.5) is 0 Å². The zero-order valence-electron chi connectivity index (χ0n) is 12.3. The highest BCUT2D eigenvalue weighted by Crippen LogP contribution is 2.14. The quantitative estimate of drug-likeness (QED) is 0.818. The Labute approximate surface area is 123 Å². The van der Waals surface area contributed by atoms with E-state index in [1.165, 1.54) is 0 Å². The van der Waals surface area contributed by atoms with Crippen molar-refractivity contribution in [2.75, 3.05) is 13.2 Å². The van der Waals surface area contributed by atoms with Crippen LogP contribution in [-0.2, 0) is 6.54 Å². The molecule has 0 bridgehead atoms. The van der Waals surface area contributed by atoms with Crippen molar-refractivity contribution in [3.8, 4) is 0 Å². The molecule has 5 nitrogen and oxygen atoms in total. The molecular weight excluding hydrogens is 268 g/mol. The van der Waals surface area contributed by atoms with Crippen LogP contribution in [0, 0.1) is 6.92 Å². The molecule has 112 valence electrons. The molecule has 0 aliphatic heterocycles. The van der Waals surface area contributed by atoms with Crippen LogP contribution in [-0.4, -0.2) is 28.7 Å². The summed E-state index contributed by atoms with van der Waals surface area (Å²) in [5, 5.41) is 12.0. The number of amides is 1. The zero-order chi connectivity index (χ0) is 15.4. The van der Waals surface area contributed by atoms with Crippen molar-refractivity contribution in [2.24, 2.45) is 0 Å². The van der Waals surface area contributed by atoms with Gasteiger partial charge in [0.1, 0.15) is 5.56 Å². The van der Waals surface area contributed by atoms with Gasteiger partial charge in [-0.05, 0) is 32.4 Å². The van der Waals surface area contributed by atoms with Gasteiger partial charge in [0.15, 0.2) is 0 Å². The highest BCUT2D eigenvalue weighted by Gasteiger charge is 2.14. The lowest BCUT2D eigenvalue weighted by Crippen LogP contribution is -2.30. The predicted octanol–water partition coefficient (Wildman–Crippen LogP) is 1.44. The lowest BCUT2D eigenvalue weighted by molar-refractivity contribution is 0.0949. The molecule has 21 heavy (non-hydrogen) atoms. The highest BCUT2D eigenvalue weighted by atomic mass is 16.3. The first-order valence-electron chi connectivity index (χ1n) is 7.11. The lowest BCUT2D eigenvalue weighted by atomic mass is 10.1. The second-order valence-electron chi connectivity index (χ2n) is 5.01. The van der Waals surface area contributed by atoms with Crippen LogP contribution >= 0.6 is 0 Å². The fourth-order valence-corrected chi connectivity index (χ4v) is 2.31. The average Bonchev–Trinajstić information content (AvgIpc) is 2.48. The molecule has 0 aliphatic carbocycles. The van der Waals surface area contributed by atoms with Gasteiger partial charge >= 0.3 is 0 Å². The summed E-state index contributed by atoms with van der Waals surface area (Å²) in [5.41, 5.74) is 1.72. The number of pyridine rings is 1. The summed E-state index contributed by atoms with van der Waals surface area (Å²) in [6.07, 6.45) is 2.08. The van der Waals surface area contributed by atoms with E-state index in [2.05, 4.69) is 5.32 Å². The fraction of sp³-hybridized carbons (Fsp3) is 0.375. The molecule has 1 heterocycles. The number of carbonyl (C=O) groups excluding carboxylic acids is 1. The SMILES string of the molecule is CCn1cc(C(=O)NCCCO)c(=O)c2cc(C)ccc21. The van der Waals surface area contributed by atoms with Gasteiger partial charge in [0.25, 0.3) is 5.91 Å². The molecule has 0 atom stereocenters. The number of nitrogens with one attached hydrogen (secondary N) is 1. The van der Waals surface area contributed by atoms with E-state index in [-0.39, 0.29) is 23.5 Å². The molecular formula is C16H20N2O3. The molecule has 0 saturated carbocycles. The van der Waals surface area contributed by atoms with Crippen LogP contribution in [0.3, 0.4) is 0 Å². The number of aromatic nitrogens is 1. The molecule has 2 N–H and O–H groups in total. The van der Waals surface area contributed by atoms with Crippen molar-refractivity contribution in [3.63, 3.8) is 0 Å². The monoisotopic (exact) mass is 288 g/mol. The normalized spacial score (nSPS) is 10.8. The first-order chi connectivity index (χ1) is 10.1. The molecule has 2 rings (SSSR count). The number of hydrogen-bond acceptors (Lipinski definition) is 3. The largest absolute Gasteiger partial charge is 0.396 e. The molecule has 0 spiro atoms. The Balaban J connectivity index is 2.52. The van der Waals surface area contributed by atoms with E-state index in [1.807, 2.05) is 36.6 Å². The Kier molecular flexibility index (Phi) is 4.75. The summed E-state index contributed by atoms with van der Waals surface area (Å²) >= 11 is 0. The number of aliphatic hydroxyl groups excluding tert-OH is 1. The van der Waals surface area contributed by atoms with Crippen molar-refractivity contribution in [2.45, 2.75) is 26.8 Å². The molecule has 0 fully saturated rings.